The maximum Gasteiger partial charge on any atom is 0.190 e. The molecule has 3 rings (SSSR count). The van der Waals surface area contributed by atoms with Gasteiger partial charge < -0.3 is 14.9 Å². The number of fused-ring (bicyclic) bond motifs is 2. The Morgan fingerprint density at radius 2 is 1.81 bits per heavy atom. The van der Waals surface area contributed by atoms with Gasteiger partial charge in [0, 0.05) is 17.2 Å². The summed E-state index contributed by atoms with van der Waals surface area (Å²) >= 11 is 0. The van der Waals surface area contributed by atoms with Crippen LogP contribution in [0.1, 0.15) is 27.6 Å². The topological polar surface area (TPSA) is 83.8 Å². The van der Waals surface area contributed by atoms with Crippen molar-refractivity contribution >= 4 is 22.3 Å². The quantitative estimate of drug-likeness (QED) is 0.840. The maximum absolute atomic E-state index is 12.2. The molecular formula is C16H12O5. The lowest BCUT2D eigenvalue weighted by molar-refractivity contribution is 0.0982. The Balaban J connectivity index is 2.48. The molecule has 0 saturated heterocycles. The molecule has 0 unspecified atom stereocenters. The second-order valence-electron chi connectivity index (χ2n) is 4.91. The second-order valence-corrected chi connectivity index (χ2v) is 4.91. The minimum atomic E-state index is -0.420. The van der Waals surface area contributed by atoms with E-state index in [0.717, 1.165) is 0 Å². The highest BCUT2D eigenvalue weighted by Gasteiger charge is 2.28. The van der Waals surface area contributed by atoms with Crippen molar-refractivity contribution in [3.63, 3.8) is 0 Å². The fraction of sp³-hybridized carbons (Fsp3) is 0.125. The molecule has 0 aromatic heterocycles. The number of hydrogen-bond acceptors (Lipinski definition) is 5. The number of allylic oxidation sites excluding steroid dienone is 2. The van der Waals surface area contributed by atoms with Gasteiger partial charge in [0.05, 0.1) is 18.1 Å². The molecule has 0 atom stereocenters. The lowest BCUT2D eigenvalue weighted by atomic mass is 9.87. The summed E-state index contributed by atoms with van der Waals surface area (Å²) in [5.41, 5.74) is 0.429. The lowest BCUT2D eigenvalue weighted by Crippen LogP contribution is -2.15. The van der Waals surface area contributed by atoms with E-state index in [-0.39, 0.29) is 34.2 Å². The van der Waals surface area contributed by atoms with Gasteiger partial charge in [-0.05, 0) is 30.5 Å². The van der Waals surface area contributed by atoms with E-state index in [0.29, 0.717) is 16.3 Å². The first-order chi connectivity index (χ1) is 9.93. The monoisotopic (exact) mass is 284 g/mol. The number of ketones is 2. The Morgan fingerprint density at radius 3 is 2.48 bits per heavy atom. The van der Waals surface area contributed by atoms with Crippen molar-refractivity contribution < 1.29 is 24.5 Å². The van der Waals surface area contributed by atoms with Gasteiger partial charge in [0.25, 0.3) is 0 Å². The SMILES string of the molecule is COc1cc(O)cc2cc3c(c(O)c12)C(=O)C=C(C)C3=O. The molecule has 5 heteroatoms. The summed E-state index contributed by atoms with van der Waals surface area (Å²) in [6.07, 6.45) is 1.21. The van der Waals surface area contributed by atoms with Gasteiger partial charge in [0.1, 0.15) is 17.2 Å². The number of hydrogen-bond donors (Lipinski definition) is 2. The molecule has 0 heterocycles. The summed E-state index contributed by atoms with van der Waals surface area (Å²) < 4.78 is 5.13. The van der Waals surface area contributed by atoms with Crippen molar-refractivity contribution in [2.45, 2.75) is 6.92 Å². The van der Waals surface area contributed by atoms with Crippen molar-refractivity contribution in [2.75, 3.05) is 7.11 Å². The molecule has 2 aromatic rings. The number of rotatable bonds is 1. The van der Waals surface area contributed by atoms with Crippen molar-refractivity contribution in [3.8, 4) is 17.2 Å². The Hall–Kier alpha value is -2.82. The standard InChI is InChI=1S/C16H12O5/c1-7-3-11(18)14-10(15(7)19)5-8-4-9(17)6-12(21-2)13(8)16(14)20/h3-6,17,20H,1-2H3. The number of phenolic OH excluding ortho intramolecular Hbond substituents is 2. The van der Waals surface area contributed by atoms with Crippen molar-refractivity contribution in [3.05, 3.63) is 41.0 Å². The van der Waals surface area contributed by atoms with E-state index in [1.165, 1.54) is 31.4 Å². The molecule has 106 valence electrons. The van der Waals surface area contributed by atoms with E-state index < -0.39 is 5.78 Å². The van der Waals surface area contributed by atoms with Crippen LogP contribution in [-0.4, -0.2) is 28.9 Å². The number of carbonyl (C=O) groups excluding carboxylic acids is 2. The van der Waals surface area contributed by atoms with E-state index in [1.807, 2.05) is 0 Å². The van der Waals surface area contributed by atoms with E-state index in [9.17, 15) is 19.8 Å². The molecule has 21 heavy (non-hydrogen) atoms. The molecule has 0 fully saturated rings. The van der Waals surface area contributed by atoms with Crippen LogP contribution in [0.4, 0.5) is 0 Å². The minimum Gasteiger partial charge on any atom is -0.508 e. The fourth-order valence-corrected chi connectivity index (χ4v) is 2.61. The zero-order chi connectivity index (χ0) is 15.3. The van der Waals surface area contributed by atoms with Gasteiger partial charge in [0.15, 0.2) is 11.6 Å². The van der Waals surface area contributed by atoms with Crippen LogP contribution in [0.15, 0.2) is 29.8 Å². The highest BCUT2D eigenvalue weighted by atomic mass is 16.5. The molecule has 2 N–H and O–H groups in total. The van der Waals surface area contributed by atoms with Gasteiger partial charge in [-0.25, -0.2) is 0 Å². The van der Waals surface area contributed by atoms with E-state index in [1.54, 1.807) is 6.92 Å². The molecule has 0 radical (unpaired) electrons. The third-order valence-electron chi connectivity index (χ3n) is 3.58. The van der Waals surface area contributed by atoms with E-state index in [2.05, 4.69) is 0 Å². The molecular weight excluding hydrogens is 272 g/mol. The summed E-state index contributed by atoms with van der Waals surface area (Å²) in [6.45, 7) is 1.55. The fourth-order valence-electron chi connectivity index (χ4n) is 2.61. The van der Waals surface area contributed by atoms with Gasteiger partial charge >= 0.3 is 0 Å². The van der Waals surface area contributed by atoms with Crippen LogP contribution in [-0.2, 0) is 0 Å². The first kappa shape index (κ1) is 13.2. The van der Waals surface area contributed by atoms with Crippen LogP contribution < -0.4 is 4.74 Å². The summed E-state index contributed by atoms with van der Waals surface area (Å²) in [7, 11) is 1.39. The van der Waals surface area contributed by atoms with Crippen LogP contribution in [0, 0.1) is 0 Å². The van der Waals surface area contributed by atoms with Gasteiger partial charge in [-0.3, -0.25) is 9.59 Å². The van der Waals surface area contributed by atoms with Gasteiger partial charge in [-0.15, -0.1) is 0 Å². The highest BCUT2D eigenvalue weighted by Crippen LogP contribution is 2.42. The number of phenols is 2. The summed E-state index contributed by atoms with van der Waals surface area (Å²) in [5, 5.41) is 20.8. The zero-order valence-corrected chi connectivity index (χ0v) is 11.4. The maximum atomic E-state index is 12.2. The Morgan fingerprint density at radius 1 is 1.10 bits per heavy atom. The van der Waals surface area contributed by atoms with E-state index in [4.69, 9.17) is 4.74 Å². The van der Waals surface area contributed by atoms with Crippen LogP contribution in [0.2, 0.25) is 0 Å². The molecule has 1 aliphatic rings. The summed E-state index contributed by atoms with van der Waals surface area (Å²) in [5.74, 6) is -0.862. The normalized spacial score (nSPS) is 14.1. The molecule has 1 aliphatic carbocycles. The molecule has 0 saturated carbocycles. The predicted octanol–water partition coefficient (Wildman–Crippen LogP) is 2.58. The highest BCUT2D eigenvalue weighted by molar-refractivity contribution is 6.27. The minimum absolute atomic E-state index is 0.0258. The van der Waals surface area contributed by atoms with Crippen molar-refractivity contribution in [1.82, 2.24) is 0 Å². The van der Waals surface area contributed by atoms with Gasteiger partial charge in [-0.2, -0.15) is 0 Å². The van der Waals surface area contributed by atoms with Crippen LogP contribution in [0.5, 0.6) is 17.2 Å². The molecule has 0 spiro atoms. The average molecular weight is 284 g/mol. The molecule has 5 nitrogen and oxygen atoms in total. The van der Waals surface area contributed by atoms with Crippen molar-refractivity contribution in [1.29, 1.82) is 0 Å². The summed E-state index contributed by atoms with van der Waals surface area (Å²) in [6, 6.07) is 4.23. The van der Waals surface area contributed by atoms with Crippen molar-refractivity contribution in [2.24, 2.45) is 0 Å². The Bertz CT molecular complexity index is 846. The van der Waals surface area contributed by atoms with Crippen LogP contribution >= 0.6 is 0 Å². The predicted molar refractivity (Wildman–Crippen MR) is 76.2 cm³/mol. The smallest absolute Gasteiger partial charge is 0.190 e. The van der Waals surface area contributed by atoms with Crippen LogP contribution in [0.3, 0.4) is 0 Å². The van der Waals surface area contributed by atoms with E-state index >= 15 is 0 Å². The number of aromatic hydroxyl groups is 2. The molecule has 0 amide bonds. The number of ether oxygens (including phenoxy) is 1. The third-order valence-corrected chi connectivity index (χ3v) is 3.58. The molecule has 0 aliphatic heterocycles. The molecule has 2 aromatic carbocycles. The second kappa shape index (κ2) is 4.34. The van der Waals surface area contributed by atoms with Gasteiger partial charge in [-0.1, -0.05) is 0 Å². The largest absolute Gasteiger partial charge is 0.508 e. The third kappa shape index (κ3) is 1.78. The Kier molecular flexibility index (Phi) is 2.73. The first-order valence-corrected chi connectivity index (χ1v) is 6.28. The number of methoxy groups -OCH3 is 1. The average Bonchev–Trinajstić information content (AvgIpc) is 2.43. The number of Topliss-reactive ketones (excluding diaryl/α,β-unsaturated/α-hetero) is 1. The number of benzene rings is 2. The first-order valence-electron chi connectivity index (χ1n) is 6.28. The summed E-state index contributed by atoms with van der Waals surface area (Å²) in [4.78, 5) is 24.3. The van der Waals surface area contributed by atoms with Crippen LogP contribution in [0.25, 0.3) is 10.8 Å². The lowest BCUT2D eigenvalue weighted by Gasteiger charge is -2.17. The zero-order valence-electron chi connectivity index (χ0n) is 11.4. The Labute approximate surface area is 120 Å². The number of carbonyl (C=O) groups is 2. The molecule has 0 bridgehead atoms. The van der Waals surface area contributed by atoms with Gasteiger partial charge in [0.2, 0.25) is 0 Å².